The smallest absolute Gasteiger partial charge is 0.228 e. The normalized spacial score (nSPS) is 18.6. The summed E-state index contributed by atoms with van der Waals surface area (Å²) in [7, 11) is -3.26. The van der Waals surface area contributed by atoms with Gasteiger partial charge < -0.3 is 5.32 Å². The molecule has 4 heterocycles. The zero-order valence-electron chi connectivity index (χ0n) is 19.0. The van der Waals surface area contributed by atoms with E-state index in [1.165, 1.54) is 4.31 Å². The van der Waals surface area contributed by atoms with Gasteiger partial charge in [0.1, 0.15) is 5.65 Å². The summed E-state index contributed by atoms with van der Waals surface area (Å²) in [6.45, 7) is 2.38. The Hall–Kier alpha value is -3.23. The quantitative estimate of drug-likeness (QED) is 0.553. The Labute approximate surface area is 198 Å². The molecule has 1 N–H and O–H groups in total. The van der Waals surface area contributed by atoms with Gasteiger partial charge in [0, 0.05) is 30.8 Å². The van der Waals surface area contributed by atoms with Gasteiger partial charge in [0.15, 0.2) is 5.82 Å². The third-order valence-electron chi connectivity index (χ3n) is 6.88. The molecule has 1 aliphatic carbocycles. The number of fused-ring (bicyclic) bond motifs is 1. The summed E-state index contributed by atoms with van der Waals surface area (Å²) in [6, 6.07) is 8.01. The minimum Gasteiger partial charge on any atom is -0.309 e. The van der Waals surface area contributed by atoms with Crippen LogP contribution in [-0.2, 0) is 20.4 Å². The Kier molecular flexibility index (Phi) is 5.65. The van der Waals surface area contributed by atoms with Gasteiger partial charge in [0.2, 0.25) is 15.9 Å². The van der Waals surface area contributed by atoms with E-state index in [0.29, 0.717) is 37.4 Å². The molecule has 0 aromatic carbocycles. The molecule has 2 aliphatic rings. The molecule has 34 heavy (non-hydrogen) atoms. The van der Waals surface area contributed by atoms with Gasteiger partial charge in [-0.25, -0.2) is 17.7 Å². The lowest BCUT2D eigenvalue weighted by atomic mass is 9.85. The summed E-state index contributed by atoms with van der Waals surface area (Å²) >= 11 is 0. The van der Waals surface area contributed by atoms with Gasteiger partial charge in [-0.1, -0.05) is 6.07 Å². The van der Waals surface area contributed by atoms with Gasteiger partial charge in [-0.15, -0.1) is 0 Å². The van der Waals surface area contributed by atoms with Gasteiger partial charge in [0.05, 0.1) is 41.9 Å². The number of piperidine rings is 1. The number of hydrogen-bond acceptors (Lipinski definition) is 6. The number of carbonyl (C=O) groups excluding carboxylic acids is 1. The molecule has 1 saturated carbocycles. The van der Waals surface area contributed by atoms with E-state index in [-0.39, 0.29) is 24.0 Å². The Balaban J connectivity index is 1.43. The van der Waals surface area contributed by atoms with Gasteiger partial charge in [-0.2, -0.15) is 10.4 Å². The zero-order valence-corrected chi connectivity index (χ0v) is 19.8. The standard InChI is InChI=1S/C23H27N7O3S/c1-2-34(32,33)28-12-9-23(8-11-24,10-13-28)30-15-18(14-25-30)19-4-3-5-21-26-20(16-29(19)21)27-22(31)17-6-7-17/h3-5,14-17H,2,6-10,12-13H2,1H3,(H,27,31). The SMILES string of the molecule is CCS(=O)(=O)N1CCC(CC#N)(n2cc(-c3cccc4nc(NC(=O)C5CC5)cn34)cn2)CC1. The van der Waals surface area contributed by atoms with Crippen LogP contribution in [0, 0.1) is 17.2 Å². The van der Waals surface area contributed by atoms with Crippen molar-refractivity contribution >= 4 is 27.4 Å². The minimum absolute atomic E-state index is 0.00708. The maximum Gasteiger partial charge on any atom is 0.228 e. The molecule has 0 atom stereocenters. The van der Waals surface area contributed by atoms with Crippen molar-refractivity contribution in [3.05, 3.63) is 36.8 Å². The molecule has 178 valence electrons. The Morgan fingerprint density at radius 2 is 2.03 bits per heavy atom. The molecule has 0 radical (unpaired) electrons. The minimum atomic E-state index is -3.26. The average molecular weight is 482 g/mol. The number of rotatable bonds is 7. The molecule has 10 nitrogen and oxygen atoms in total. The van der Waals surface area contributed by atoms with Crippen molar-refractivity contribution in [2.24, 2.45) is 5.92 Å². The molecule has 1 saturated heterocycles. The van der Waals surface area contributed by atoms with Crippen LogP contribution in [0.15, 0.2) is 36.8 Å². The van der Waals surface area contributed by atoms with E-state index in [1.54, 1.807) is 19.3 Å². The van der Waals surface area contributed by atoms with Crippen LogP contribution in [-0.4, -0.2) is 56.6 Å². The zero-order chi connectivity index (χ0) is 23.9. The van der Waals surface area contributed by atoms with Gasteiger partial charge in [-0.3, -0.25) is 13.9 Å². The average Bonchev–Trinajstić information content (AvgIpc) is 3.42. The first kappa shape index (κ1) is 22.6. The highest BCUT2D eigenvalue weighted by molar-refractivity contribution is 7.89. The monoisotopic (exact) mass is 481 g/mol. The molecule has 0 bridgehead atoms. The summed E-state index contributed by atoms with van der Waals surface area (Å²) in [5.74, 6) is 0.690. The number of nitrogens with one attached hydrogen (secondary N) is 1. The first-order chi connectivity index (χ1) is 16.3. The number of pyridine rings is 1. The topological polar surface area (TPSA) is 125 Å². The van der Waals surface area contributed by atoms with Crippen LogP contribution in [0.1, 0.15) is 39.0 Å². The van der Waals surface area contributed by atoms with Crippen LogP contribution in [0.2, 0.25) is 0 Å². The molecule has 2 fully saturated rings. The number of anilines is 1. The van der Waals surface area contributed by atoms with Gasteiger partial charge in [0.25, 0.3) is 0 Å². The maximum atomic E-state index is 12.3. The van der Waals surface area contributed by atoms with Crippen LogP contribution in [0.25, 0.3) is 16.9 Å². The Morgan fingerprint density at radius 1 is 1.26 bits per heavy atom. The van der Waals surface area contributed by atoms with Crippen LogP contribution >= 0.6 is 0 Å². The maximum absolute atomic E-state index is 12.3. The highest BCUT2D eigenvalue weighted by atomic mass is 32.2. The van der Waals surface area contributed by atoms with E-state index in [1.807, 2.05) is 33.5 Å². The van der Waals surface area contributed by atoms with E-state index in [0.717, 1.165) is 24.1 Å². The second kappa shape index (κ2) is 8.52. The Bertz CT molecular complexity index is 1370. The predicted molar refractivity (Wildman–Crippen MR) is 126 cm³/mol. The molecule has 0 unspecified atom stereocenters. The van der Waals surface area contributed by atoms with Crippen molar-refractivity contribution in [1.82, 2.24) is 23.5 Å². The third-order valence-corrected chi connectivity index (χ3v) is 8.76. The summed E-state index contributed by atoms with van der Waals surface area (Å²) in [6.07, 6.45) is 8.62. The van der Waals surface area contributed by atoms with Crippen LogP contribution < -0.4 is 5.32 Å². The second-order valence-corrected chi connectivity index (χ2v) is 11.3. The van der Waals surface area contributed by atoms with Crippen molar-refractivity contribution < 1.29 is 13.2 Å². The van der Waals surface area contributed by atoms with Crippen LogP contribution in [0.3, 0.4) is 0 Å². The molecule has 3 aromatic rings. The number of aromatic nitrogens is 4. The summed E-state index contributed by atoms with van der Waals surface area (Å²) < 4.78 is 29.8. The number of nitrogens with zero attached hydrogens (tertiary/aromatic N) is 6. The second-order valence-electron chi connectivity index (χ2n) is 9.06. The third kappa shape index (κ3) is 4.08. The number of amides is 1. The largest absolute Gasteiger partial charge is 0.309 e. The van der Waals surface area contributed by atoms with E-state index in [9.17, 15) is 18.5 Å². The summed E-state index contributed by atoms with van der Waals surface area (Å²) in [4.78, 5) is 16.7. The first-order valence-electron chi connectivity index (χ1n) is 11.5. The van der Waals surface area contributed by atoms with E-state index in [4.69, 9.17) is 0 Å². The highest BCUT2D eigenvalue weighted by Gasteiger charge is 2.40. The molecule has 0 spiro atoms. The van der Waals surface area contributed by atoms with Crippen molar-refractivity contribution in [2.45, 2.75) is 44.6 Å². The number of sulfonamides is 1. The molecule has 11 heteroatoms. The van der Waals surface area contributed by atoms with Gasteiger partial charge in [-0.05, 0) is 44.7 Å². The molecule has 3 aromatic heterocycles. The number of hydrogen-bond donors (Lipinski definition) is 1. The first-order valence-corrected chi connectivity index (χ1v) is 13.2. The fourth-order valence-electron chi connectivity index (χ4n) is 4.59. The lowest BCUT2D eigenvalue weighted by Gasteiger charge is -2.40. The number of carbonyl (C=O) groups is 1. The van der Waals surface area contributed by atoms with Crippen LogP contribution in [0.4, 0.5) is 5.82 Å². The molecular formula is C23H27N7O3S. The predicted octanol–water partition coefficient (Wildman–Crippen LogP) is 2.60. The van der Waals surface area contributed by atoms with Gasteiger partial charge >= 0.3 is 0 Å². The lowest BCUT2D eigenvalue weighted by Crippen LogP contribution is -2.48. The van der Waals surface area contributed by atoms with Crippen molar-refractivity contribution in [3.8, 4) is 17.3 Å². The summed E-state index contributed by atoms with van der Waals surface area (Å²) in [5, 5.41) is 17.0. The van der Waals surface area contributed by atoms with E-state index < -0.39 is 15.6 Å². The Morgan fingerprint density at radius 3 is 2.71 bits per heavy atom. The number of imidazole rings is 1. The fraction of sp³-hybridized carbons (Fsp3) is 0.478. The van der Waals surface area contributed by atoms with Crippen molar-refractivity contribution in [3.63, 3.8) is 0 Å². The highest BCUT2D eigenvalue weighted by Crippen LogP contribution is 2.35. The lowest BCUT2D eigenvalue weighted by molar-refractivity contribution is -0.117. The van der Waals surface area contributed by atoms with Crippen molar-refractivity contribution in [2.75, 3.05) is 24.2 Å². The van der Waals surface area contributed by atoms with E-state index >= 15 is 0 Å². The molecule has 5 rings (SSSR count). The van der Waals surface area contributed by atoms with Crippen molar-refractivity contribution in [1.29, 1.82) is 5.26 Å². The fourth-order valence-corrected chi connectivity index (χ4v) is 5.70. The molecular weight excluding hydrogens is 454 g/mol. The number of nitriles is 1. The molecule has 1 amide bonds. The van der Waals surface area contributed by atoms with Crippen LogP contribution in [0.5, 0.6) is 0 Å². The molecule has 1 aliphatic heterocycles. The summed E-state index contributed by atoms with van der Waals surface area (Å²) in [5.41, 5.74) is 1.87. The van der Waals surface area contributed by atoms with E-state index in [2.05, 4.69) is 21.5 Å².